The zero-order chi connectivity index (χ0) is 9.68. The molecule has 1 rings (SSSR count). The van der Waals surface area contributed by atoms with Crippen molar-refractivity contribution in [3.05, 3.63) is 28.0 Å². The summed E-state index contributed by atoms with van der Waals surface area (Å²) in [6.07, 6.45) is 0.660. The van der Waals surface area contributed by atoms with Gasteiger partial charge in [0.1, 0.15) is 0 Å². The van der Waals surface area contributed by atoms with Crippen LogP contribution >= 0.6 is 15.9 Å². The lowest BCUT2D eigenvalue weighted by Gasteiger charge is -2.02. The maximum Gasteiger partial charge on any atom is 0.293 e. The fourth-order valence-electron chi connectivity index (χ4n) is 0.947. The van der Waals surface area contributed by atoms with Crippen LogP contribution in [0.5, 0.6) is 0 Å². The molecule has 0 aromatic carbocycles. The summed E-state index contributed by atoms with van der Waals surface area (Å²) in [4.78, 5) is 14.2. The third-order valence-electron chi connectivity index (χ3n) is 1.62. The molecule has 0 spiro atoms. The third-order valence-corrected chi connectivity index (χ3v) is 2.46. The summed E-state index contributed by atoms with van der Waals surface area (Å²) in [5, 5.41) is 0. The summed E-state index contributed by atoms with van der Waals surface area (Å²) in [6.45, 7) is 2.76. The first kappa shape index (κ1) is 10.2. The number of carbonyl (C=O) groups is 1. The van der Waals surface area contributed by atoms with E-state index in [1.807, 2.05) is 19.1 Å². The molecule has 0 saturated carbocycles. The summed E-state index contributed by atoms with van der Waals surface area (Å²) in [6, 6.07) is 3.85. The van der Waals surface area contributed by atoms with Crippen LogP contribution in [-0.2, 0) is 16.0 Å². The van der Waals surface area contributed by atoms with Gasteiger partial charge in [-0.25, -0.2) is 0 Å². The number of pyridine rings is 1. The van der Waals surface area contributed by atoms with Crippen LogP contribution in [0.15, 0.2) is 16.6 Å². The van der Waals surface area contributed by atoms with Crippen molar-refractivity contribution >= 4 is 22.4 Å². The molecular formula is C9H10BrNO2. The van der Waals surface area contributed by atoms with E-state index in [1.54, 1.807) is 0 Å². The van der Waals surface area contributed by atoms with E-state index in [1.165, 1.54) is 0 Å². The molecule has 1 aromatic heterocycles. The highest BCUT2D eigenvalue weighted by Crippen LogP contribution is 2.13. The largest absolute Gasteiger partial charge is 0.467 e. The number of rotatable bonds is 4. The van der Waals surface area contributed by atoms with Crippen molar-refractivity contribution in [2.24, 2.45) is 0 Å². The minimum absolute atomic E-state index is 0.386. The van der Waals surface area contributed by atoms with Crippen LogP contribution in [0.3, 0.4) is 0 Å². The van der Waals surface area contributed by atoms with Crippen molar-refractivity contribution < 1.29 is 9.53 Å². The van der Waals surface area contributed by atoms with E-state index in [4.69, 9.17) is 0 Å². The number of aryl methyl sites for hydroxylation is 1. The maximum absolute atomic E-state index is 9.87. The lowest BCUT2D eigenvalue weighted by Crippen LogP contribution is -1.99. The molecule has 13 heavy (non-hydrogen) atoms. The molecule has 0 saturated heterocycles. The van der Waals surface area contributed by atoms with Gasteiger partial charge in [0.2, 0.25) is 0 Å². The molecule has 0 amide bonds. The Kier molecular flexibility index (Phi) is 3.89. The van der Waals surface area contributed by atoms with E-state index in [9.17, 15) is 4.79 Å². The highest BCUT2D eigenvalue weighted by atomic mass is 79.9. The Bertz CT molecular complexity index is 302. The summed E-state index contributed by atoms with van der Waals surface area (Å²) >= 11 is 3.36. The predicted octanol–water partition coefficient (Wildman–Crippen LogP) is 1.87. The van der Waals surface area contributed by atoms with Crippen molar-refractivity contribution in [3.63, 3.8) is 0 Å². The van der Waals surface area contributed by atoms with E-state index in [2.05, 4.69) is 25.7 Å². The number of ether oxygens (including phenoxy) is 1. The van der Waals surface area contributed by atoms with Gasteiger partial charge in [0.25, 0.3) is 6.47 Å². The van der Waals surface area contributed by atoms with Gasteiger partial charge in [0.15, 0.2) is 0 Å². The van der Waals surface area contributed by atoms with Crippen molar-refractivity contribution in [2.75, 3.05) is 6.61 Å². The molecule has 3 nitrogen and oxygen atoms in total. The lowest BCUT2D eigenvalue weighted by molar-refractivity contribution is -0.128. The normalized spacial score (nSPS) is 9.69. The highest BCUT2D eigenvalue weighted by Gasteiger charge is 1.98. The van der Waals surface area contributed by atoms with E-state index in [0.717, 1.165) is 15.9 Å². The Morgan fingerprint density at radius 3 is 3.00 bits per heavy atom. The van der Waals surface area contributed by atoms with Crippen molar-refractivity contribution in [1.29, 1.82) is 0 Å². The maximum atomic E-state index is 9.87. The first-order chi connectivity index (χ1) is 6.24. The summed E-state index contributed by atoms with van der Waals surface area (Å²) in [7, 11) is 0. The van der Waals surface area contributed by atoms with Gasteiger partial charge in [0.05, 0.1) is 12.3 Å². The monoisotopic (exact) mass is 243 g/mol. The molecule has 0 aliphatic rings. The fourth-order valence-corrected chi connectivity index (χ4v) is 1.17. The van der Waals surface area contributed by atoms with Gasteiger partial charge in [-0.15, -0.1) is 0 Å². The van der Waals surface area contributed by atoms with E-state index in [-0.39, 0.29) is 0 Å². The number of nitrogens with zero attached hydrogens (tertiary/aromatic N) is 1. The van der Waals surface area contributed by atoms with Crippen LogP contribution in [0.4, 0.5) is 0 Å². The van der Waals surface area contributed by atoms with Gasteiger partial charge in [-0.3, -0.25) is 9.78 Å². The van der Waals surface area contributed by atoms with E-state index < -0.39 is 0 Å². The van der Waals surface area contributed by atoms with Gasteiger partial charge in [-0.2, -0.15) is 0 Å². The molecule has 0 radical (unpaired) electrons. The average Bonchev–Trinajstić information content (AvgIpc) is 2.12. The number of hydrogen-bond donors (Lipinski definition) is 0. The molecule has 1 heterocycles. The number of carbonyl (C=O) groups excluding carboxylic acids is 1. The Morgan fingerprint density at radius 2 is 2.38 bits per heavy atom. The van der Waals surface area contributed by atoms with Gasteiger partial charge in [-0.05, 0) is 35.0 Å². The molecule has 1 aromatic rings. The minimum atomic E-state index is 0.386. The molecule has 4 heteroatoms. The molecule has 0 atom stereocenters. The van der Waals surface area contributed by atoms with E-state index in [0.29, 0.717) is 19.5 Å². The molecule has 0 bridgehead atoms. The minimum Gasteiger partial charge on any atom is -0.467 e. The van der Waals surface area contributed by atoms with Gasteiger partial charge in [0, 0.05) is 16.6 Å². The SMILES string of the molecule is Cc1nc(CCOC=O)ccc1Br. The molecule has 70 valence electrons. The van der Waals surface area contributed by atoms with Crippen molar-refractivity contribution in [3.8, 4) is 0 Å². The number of aromatic nitrogens is 1. The standard InChI is InChI=1S/C9H10BrNO2/c1-7-9(10)3-2-8(11-7)4-5-13-6-12/h2-3,6H,4-5H2,1H3. The second-order valence-electron chi connectivity index (χ2n) is 2.59. The van der Waals surface area contributed by atoms with Crippen LogP contribution in [0.1, 0.15) is 11.4 Å². The summed E-state index contributed by atoms with van der Waals surface area (Å²) in [5.74, 6) is 0. The number of hydrogen-bond acceptors (Lipinski definition) is 3. The topological polar surface area (TPSA) is 39.2 Å². The van der Waals surface area contributed by atoms with Crippen LogP contribution in [0.25, 0.3) is 0 Å². The van der Waals surface area contributed by atoms with Gasteiger partial charge >= 0.3 is 0 Å². The van der Waals surface area contributed by atoms with Crippen LogP contribution < -0.4 is 0 Å². The Labute approximate surface area is 85.3 Å². The smallest absolute Gasteiger partial charge is 0.293 e. The van der Waals surface area contributed by atoms with Crippen LogP contribution in [-0.4, -0.2) is 18.1 Å². The lowest BCUT2D eigenvalue weighted by atomic mass is 10.2. The Morgan fingerprint density at radius 1 is 1.62 bits per heavy atom. The molecule has 0 aliphatic carbocycles. The second-order valence-corrected chi connectivity index (χ2v) is 3.44. The van der Waals surface area contributed by atoms with E-state index >= 15 is 0 Å². The average molecular weight is 244 g/mol. The molecule has 0 aliphatic heterocycles. The first-order valence-electron chi connectivity index (χ1n) is 3.91. The highest BCUT2D eigenvalue weighted by molar-refractivity contribution is 9.10. The summed E-state index contributed by atoms with van der Waals surface area (Å²) in [5.41, 5.74) is 1.88. The molecule has 0 N–H and O–H groups in total. The molecular weight excluding hydrogens is 234 g/mol. The fraction of sp³-hybridized carbons (Fsp3) is 0.333. The quantitative estimate of drug-likeness (QED) is 0.599. The Hall–Kier alpha value is -0.900. The first-order valence-corrected chi connectivity index (χ1v) is 4.70. The number of halogens is 1. The van der Waals surface area contributed by atoms with Crippen molar-refractivity contribution in [2.45, 2.75) is 13.3 Å². The van der Waals surface area contributed by atoms with Crippen LogP contribution in [0.2, 0.25) is 0 Å². The zero-order valence-electron chi connectivity index (χ0n) is 7.29. The molecule has 0 unspecified atom stereocenters. The van der Waals surface area contributed by atoms with Crippen LogP contribution in [0, 0.1) is 6.92 Å². The second kappa shape index (κ2) is 4.97. The van der Waals surface area contributed by atoms with Gasteiger partial charge < -0.3 is 4.74 Å². The predicted molar refractivity (Wildman–Crippen MR) is 52.4 cm³/mol. The van der Waals surface area contributed by atoms with Crippen molar-refractivity contribution in [1.82, 2.24) is 4.98 Å². The van der Waals surface area contributed by atoms with Gasteiger partial charge in [-0.1, -0.05) is 0 Å². The zero-order valence-corrected chi connectivity index (χ0v) is 8.87. The molecule has 0 fully saturated rings. The summed E-state index contributed by atoms with van der Waals surface area (Å²) < 4.78 is 5.57. The third kappa shape index (κ3) is 3.14. The Balaban J connectivity index is 2.57.